The highest BCUT2D eigenvalue weighted by atomic mass is 16.2. The summed E-state index contributed by atoms with van der Waals surface area (Å²) in [5.74, 6) is 0.210. The summed E-state index contributed by atoms with van der Waals surface area (Å²) in [6.07, 6.45) is 4.95. The van der Waals surface area contributed by atoms with E-state index in [-0.39, 0.29) is 5.91 Å². The third kappa shape index (κ3) is 2.81. The lowest BCUT2D eigenvalue weighted by Crippen LogP contribution is -2.42. The van der Waals surface area contributed by atoms with Crippen molar-refractivity contribution in [1.82, 2.24) is 9.80 Å². The molecule has 2 saturated heterocycles. The Balaban J connectivity index is 1.67. The quantitative estimate of drug-likeness (QED) is 0.831. The van der Waals surface area contributed by atoms with Crippen molar-refractivity contribution in [1.29, 1.82) is 0 Å². The lowest BCUT2D eigenvalue weighted by molar-refractivity contribution is 0.0709. The number of likely N-dealkylation sites (tertiary alicyclic amines) is 2. The van der Waals surface area contributed by atoms with Gasteiger partial charge in [0.15, 0.2) is 0 Å². The molecule has 19 heavy (non-hydrogen) atoms. The molecule has 1 aromatic carbocycles. The first-order valence-electron chi connectivity index (χ1n) is 7.43. The zero-order chi connectivity index (χ0) is 13.1. The molecule has 0 aromatic heterocycles. The normalized spacial score (nSPS) is 24.0. The summed E-state index contributed by atoms with van der Waals surface area (Å²) in [4.78, 5) is 17.1. The fourth-order valence-electron chi connectivity index (χ4n) is 3.30. The molecule has 0 spiro atoms. The number of hydrogen-bond acceptors (Lipinski definition) is 2. The van der Waals surface area contributed by atoms with Crippen LogP contribution in [-0.4, -0.2) is 47.9 Å². The van der Waals surface area contributed by atoms with Crippen LogP contribution in [0.15, 0.2) is 30.3 Å². The van der Waals surface area contributed by atoms with E-state index < -0.39 is 0 Å². The highest BCUT2D eigenvalue weighted by Crippen LogP contribution is 2.22. The average molecular weight is 258 g/mol. The van der Waals surface area contributed by atoms with Gasteiger partial charge in [0.1, 0.15) is 0 Å². The second-order valence-corrected chi connectivity index (χ2v) is 5.67. The summed E-state index contributed by atoms with van der Waals surface area (Å²) < 4.78 is 0. The molecule has 2 fully saturated rings. The number of carbonyl (C=O) groups excluding carboxylic acids is 1. The first-order chi connectivity index (χ1) is 9.34. The van der Waals surface area contributed by atoms with E-state index in [2.05, 4.69) is 9.80 Å². The number of carbonyl (C=O) groups is 1. The number of benzene rings is 1. The molecule has 0 unspecified atom stereocenters. The molecule has 0 radical (unpaired) electrons. The maximum Gasteiger partial charge on any atom is 0.254 e. The van der Waals surface area contributed by atoms with E-state index in [1.54, 1.807) is 0 Å². The maximum atomic E-state index is 12.5. The van der Waals surface area contributed by atoms with Crippen LogP contribution >= 0.6 is 0 Å². The molecule has 1 atom stereocenters. The van der Waals surface area contributed by atoms with E-state index in [1.807, 2.05) is 30.3 Å². The van der Waals surface area contributed by atoms with Crippen LogP contribution in [0.1, 0.15) is 36.0 Å². The van der Waals surface area contributed by atoms with Gasteiger partial charge >= 0.3 is 0 Å². The first-order valence-corrected chi connectivity index (χ1v) is 7.43. The van der Waals surface area contributed by atoms with Gasteiger partial charge in [-0.3, -0.25) is 4.79 Å². The molecule has 102 valence electrons. The third-order valence-corrected chi connectivity index (χ3v) is 4.33. The van der Waals surface area contributed by atoms with Crippen molar-refractivity contribution >= 4 is 5.91 Å². The van der Waals surface area contributed by atoms with Crippen LogP contribution < -0.4 is 0 Å². The molecule has 3 nitrogen and oxygen atoms in total. The Hall–Kier alpha value is -1.35. The summed E-state index contributed by atoms with van der Waals surface area (Å²) >= 11 is 0. The standard InChI is InChI=1S/C16H22N2O/c19-16(14-7-2-1-3-8-14)18-12-6-9-15(18)13-17-10-4-5-11-17/h1-3,7-8,15H,4-6,9-13H2/t15-/m1/s1. The smallest absolute Gasteiger partial charge is 0.254 e. The van der Waals surface area contributed by atoms with Crippen LogP contribution in [0, 0.1) is 0 Å². The highest BCUT2D eigenvalue weighted by Gasteiger charge is 2.31. The van der Waals surface area contributed by atoms with Crippen molar-refractivity contribution < 1.29 is 4.79 Å². The van der Waals surface area contributed by atoms with Crippen molar-refractivity contribution in [3.8, 4) is 0 Å². The molecule has 0 bridgehead atoms. The largest absolute Gasteiger partial charge is 0.334 e. The lowest BCUT2D eigenvalue weighted by atomic mass is 10.1. The minimum absolute atomic E-state index is 0.210. The zero-order valence-electron chi connectivity index (χ0n) is 11.4. The number of rotatable bonds is 3. The minimum Gasteiger partial charge on any atom is -0.334 e. The number of amides is 1. The molecule has 1 amide bonds. The van der Waals surface area contributed by atoms with E-state index in [4.69, 9.17) is 0 Å². The van der Waals surface area contributed by atoms with Crippen molar-refractivity contribution in [2.75, 3.05) is 26.2 Å². The highest BCUT2D eigenvalue weighted by molar-refractivity contribution is 5.94. The van der Waals surface area contributed by atoms with Crippen LogP contribution in [0.5, 0.6) is 0 Å². The number of nitrogens with zero attached hydrogens (tertiary/aromatic N) is 2. The average Bonchev–Trinajstić information content (AvgIpc) is 3.11. The second kappa shape index (κ2) is 5.74. The summed E-state index contributed by atoms with van der Waals surface area (Å²) in [5.41, 5.74) is 0.829. The van der Waals surface area contributed by atoms with Gasteiger partial charge in [0.05, 0.1) is 0 Å². The molecule has 2 aliphatic rings. The topological polar surface area (TPSA) is 23.6 Å². The predicted octanol–water partition coefficient (Wildman–Crippen LogP) is 2.39. The van der Waals surface area contributed by atoms with Crippen LogP contribution in [0.25, 0.3) is 0 Å². The molecular formula is C16H22N2O. The van der Waals surface area contributed by atoms with Gasteiger partial charge in [0, 0.05) is 24.7 Å². The van der Waals surface area contributed by atoms with Crippen LogP contribution in [-0.2, 0) is 0 Å². The molecule has 0 saturated carbocycles. The van der Waals surface area contributed by atoms with Crippen molar-refractivity contribution in [2.45, 2.75) is 31.7 Å². The lowest BCUT2D eigenvalue weighted by Gasteiger charge is -2.28. The van der Waals surface area contributed by atoms with Crippen LogP contribution in [0.3, 0.4) is 0 Å². The summed E-state index contributed by atoms with van der Waals surface area (Å²) in [7, 11) is 0. The van der Waals surface area contributed by atoms with Gasteiger partial charge in [-0.1, -0.05) is 18.2 Å². The van der Waals surface area contributed by atoms with Crippen LogP contribution in [0.4, 0.5) is 0 Å². The Morgan fingerprint density at radius 2 is 1.79 bits per heavy atom. The molecule has 1 aromatic rings. The van der Waals surface area contributed by atoms with Crippen molar-refractivity contribution in [2.24, 2.45) is 0 Å². The van der Waals surface area contributed by atoms with Crippen molar-refractivity contribution in [3.05, 3.63) is 35.9 Å². The molecule has 0 aliphatic carbocycles. The maximum absolute atomic E-state index is 12.5. The number of hydrogen-bond donors (Lipinski definition) is 0. The molecule has 0 N–H and O–H groups in total. The summed E-state index contributed by atoms with van der Waals surface area (Å²) in [6.45, 7) is 4.42. The Labute approximate surface area is 115 Å². The van der Waals surface area contributed by atoms with Gasteiger partial charge in [0.2, 0.25) is 0 Å². The molecule has 2 heterocycles. The Morgan fingerprint density at radius 3 is 2.53 bits per heavy atom. The van der Waals surface area contributed by atoms with E-state index in [1.165, 1.54) is 25.9 Å². The van der Waals surface area contributed by atoms with Gasteiger partial charge in [-0.2, -0.15) is 0 Å². The van der Waals surface area contributed by atoms with E-state index in [9.17, 15) is 4.79 Å². The van der Waals surface area contributed by atoms with Gasteiger partial charge in [-0.25, -0.2) is 0 Å². The zero-order valence-corrected chi connectivity index (χ0v) is 11.4. The summed E-state index contributed by atoms with van der Waals surface area (Å²) in [5, 5.41) is 0. The first kappa shape index (κ1) is 12.7. The third-order valence-electron chi connectivity index (χ3n) is 4.33. The Morgan fingerprint density at radius 1 is 1.05 bits per heavy atom. The Kier molecular flexibility index (Phi) is 3.83. The van der Waals surface area contributed by atoms with Crippen LogP contribution in [0.2, 0.25) is 0 Å². The van der Waals surface area contributed by atoms with E-state index >= 15 is 0 Å². The fourth-order valence-corrected chi connectivity index (χ4v) is 3.30. The molecular weight excluding hydrogens is 236 g/mol. The minimum atomic E-state index is 0.210. The van der Waals surface area contributed by atoms with E-state index in [0.29, 0.717) is 6.04 Å². The monoisotopic (exact) mass is 258 g/mol. The van der Waals surface area contributed by atoms with Gasteiger partial charge in [-0.05, 0) is 50.9 Å². The summed E-state index contributed by atoms with van der Waals surface area (Å²) in [6, 6.07) is 10.1. The molecule has 3 heteroatoms. The molecule has 2 aliphatic heterocycles. The fraction of sp³-hybridized carbons (Fsp3) is 0.562. The molecule has 3 rings (SSSR count). The van der Waals surface area contributed by atoms with E-state index in [0.717, 1.165) is 31.5 Å². The predicted molar refractivity (Wildman–Crippen MR) is 76.2 cm³/mol. The van der Waals surface area contributed by atoms with Gasteiger partial charge < -0.3 is 9.80 Å². The Bertz CT molecular complexity index is 426. The van der Waals surface area contributed by atoms with Crippen molar-refractivity contribution in [3.63, 3.8) is 0 Å². The van der Waals surface area contributed by atoms with Gasteiger partial charge in [-0.15, -0.1) is 0 Å². The SMILES string of the molecule is O=C(c1ccccc1)N1CCC[C@@H]1CN1CCCC1. The van der Waals surface area contributed by atoms with Gasteiger partial charge in [0.25, 0.3) is 5.91 Å². The second-order valence-electron chi connectivity index (χ2n) is 5.67.